The van der Waals surface area contributed by atoms with Gasteiger partial charge in [0.15, 0.2) is 0 Å². The Bertz CT molecular complexity index is 420. The second-order valence-electron chi connectivity index (χ2n) is 3.55. The number of aryl methyl sites for hydroxylation is 1. The minimum Gasteiger partial charge on any atom is -0.467 e. The molecular formula is C13H15NO. The van der Waals surface area contributed by atoms with E-state index in [9.17, 15) is 0 Å². The Labute approximate surface area is 89.7 Å². The summed E-state index contributed by atoms with van der Waals surface area (Å²) in [4.78, 5) is 0. The summed E-state index contributed by atoms with van der Waals surface area (Å²) in [6, 6.07) is 11.8. The van der Waals surface area contributed by atoms with Gasteiger partial charge in [-0.15, -0.1) is 0 Å². The lowest BCUT2D eigenvalue weighted by molar-refractivity contribution is 0.489. The molecule has 1 aromatic carbocycles. The Kier molecular flexibility index (Phi) is 2.88. The normalized spacial score (nSPS) is 12.7. The molecule has 1 unspecified atom stereocenters. The van der Waals surface area contributed by atoms with E-state index in [0.717, 1.165) is 17.7 Å². The van der Waals surface area contributed by atoms with Crippen molar-refractivity contribution in [2.45, 2.75) is 19.4 Å². The summed E-state index contributed by atoms with van der Waals surface area (Å²) in [5.41, 5.74) is 8.57. The van der Waals surface area contributed by atoms with Crippen molar-refractivity contribution in [2.75, 3.05) is 0 Å². The van der Waals surface area contributed by atoms with Crippen LogP contribution in [0.3, 0.4) is 0 Å². The van der Waals surface area contributed by atoms with Crippen molar-refractivity contribution in [1.29, 1.82) is 0 Å². The molecule has 2 aromatic rings. The van der Waals surface area contributed by atoms with E-state index < -0.39 is 0 Å². The molecule has 0 amide bonds. The molecule has 2 N–H and O–H groups in total. The first-order chi connectivity index (χ1) is 7.33. The first kappa shape index (κ1) is 9.99. The molecule has 1 aromatic heterocycles. The minimum absolute atomic E-state index is 0.156. The lowest BCUT2D eigenvalue weighted by Gasteiger charge is -2.13. The van der Waals surface area contributed by atoms with Crippen LogP contribution in [0.4, 0.5) is 0 Å². The molecule has 0 aliphatic rings. The summed E-state index contributed by atoms with van der Waals surface area (Å²) >= 11 is 0. The van der Waals surface area contributed by atoms with E-state index in [2.05, 4.69) is 19.1 Å². The van der Waals surface area contributed by atoms with Gasteiger partial charge in [0.2, 0.25) is 0 Å². The van der Waals surface area contributed by atoms with Crippen LogP contribution in [0.25, 0.3) is 0 Å². The molecule has 2 nitrogen and oxygen atoms in total. The van der Waals surface area contributed by atoms with Crippen LogP contribution in [-0.4, -0.2) is 0 Å². The summed E-state index contributed by atoms with van der Waals surface area (Å²) in [6.45, 7) is 2.13. The summed E-state index contributed by atoms with van der Waals surface area (Å²) in [5, 5.41) is 0. The average Bonchev–Trinajstić information content (AvgIpc) is 2.81. The van der Waals surface area contributed by atoms with E-state index in [1.165, 1.54) is 5.56 Å². The van der Waals surface area contributed by atoms with Gasteiger partial charge in [-0.1, -0.05) is 31.2 Å². The number of hydrogen-bond acceptors (Lipinski definition) is 2. The molecule has 15 heavy (non-hydrogen) atoms. The van der Waals surface area contributed by atoms with Gasteiger partial charge in [0, 0.05) is 0 Å². The van der Waals surface area contributed by atoms with Crippen LogP contribution in [0.1, 0.15) is 29.9 Å². The highest BCUT2D eigenvalue weighted by atomic mass is 16.3. The lowest BCUT2D eigenvalue weighted by atomic mass is 9.98. The van der Waals surface area contributed by atoms with Crippen LogP contribution >= 0.6 is 0 Å². The highest BCUT2D eigenvalue weighted by Gasteiger charge is 2.13. The van der Waals surface area contributed by atoms with Crippen LogP contribution in [0.2, 0.25) is 0 Å². The fourth-order valence-electron chi connectivity index (χ4n) is 1.78. The molecule has 0 fully saturated rings. The maximum atomic E-state index is 6.14. The van der Waals surface area contributed by atoms with Gasteiger partial charge in [-0.3, -0.25) is 0 Å². The minimum atomic E-state index is -0.156. The van der Waals surface area contributed by atoms with Crippen molar-refractivity contribution in [1.82, 2.24) is 0 Å². The summed E-state index contributed by atoms with van der Waals surface area (Å²) < 4.78 is 5.32. The van der Waals surface area contributed by atoms with Crippen molar-refractivity contribution >= 4 is 0 Å². The van der Waals surface area contributed by atoms with Crippen LogP contribution in [0.15, 0.2) is 47.1 Å². The molecule has 0 bridgehead atoms. The maximum Gasteiger partial charge on any atom is 0.125 e. The molecular weight excluding hydrogens is 186 g/mol. The smallest absolute Gasteiger partial charge is 0.125 e. The van der Waals surface area contributed by atoms with Crippen LogP contribution in [0.5, 0.6) is 0 Å². The first-order valence-corrected chi connectivity index (χ1v) is 5.19. The highest BCUT2D eigenvalue weighted by Crippen LogP contribution is 2.23. The molecule has 1 atom stereocenters. The zero-order valence-electron chi connectivity index (χ0n) is 8.81. The molecule has 0 saturated carbocycles. The second kappa shape index (κ2) is 4.32. The standard InChI is InChI=1S/C13H15NO/c1-2-10-6-3-4-7-11(10)13(14)12-8-5-9-15-12/h3-9,13H,2,14H2,1H3. The summed E-state index contributed by atoms with van der Waals surface area (Å²) in [6.07, 6.45) is 2.65. The zero-order chi connectivity index (χ0) is 10.7. The van der Waals surface area contributed by atoms with Gasteiger partial charge in [0.25, 0.3) is 0 Å². The van der Waals surface area contributed by atoms with Crippen LogP contribution in [0, 0.1) is 0 Å². The molecule has 2 rings (SSSR count). The van der Waals surface area contributed by atoms with Gasteiger partial charge in [-0.2, -0.15) is 0 Å². The van der Waals surface area contributed by atoms with E-state index in [0.29, 0.717) is 0 Å². The monoisotopic (exact) mass is 201 g/mol. The molecule has 0 aliphatic carbocycles. The molecule has 0 aliphatic heterocycles. The van der Waals surface area contributed by atoms with E-state index in [1.807, 2.05) is 24.3 Å². The van der Waals surface area contributed by atoms with E-state index in [1.54, 1.807) is 6.26 Å². The van der Waals surface area contributed by atoms with Crippen LogP contribution < -0.4 is 5.73 Å². The van der Waals surface area contributed by atoms with Crippen molar-refractivity contribution in [3.05, 3.63) is 59.5 Å². The maximum absolute atomic E-state index is 6.14. The van der Waals surface area contributed by atoms with E-state index in [4.69, 9.17) is 10.2 Å². The third-order valence-electron chi connectivity index (χ3n) is 2.62. The number of hydrogen-bond donors (Lipinski definition) is 1. The Balaban J connectivity index is 2.37. The number of furan rings is 1. The Morgan fingerprint density at radius 3 is 2.67 bits per heavy atom. The third-order valence-corrected chi connectivity index (χ3v) is 2.62. The van der Waals surface area contributed by atoms with Gasteiger partial charge in [0.05, 0.1) is 12.3 Å². The SMILES string of the molecule is CCc1ccccc1C(N)c1ccco1. The molecule has 78 valence electrons. The predicted molar refractivity (Wildman–Crippen MR) is 60.6 cm³/mol. The van der Waals surface area contributed by atoms with E-state index in [-0.39, 0.29) is 6.04 Å². The van der Waals surface area contributed by atoms with Gasteiger partial charge < -0.3 is 10.2 Å². The van der Waals surface area contributed by atoms with Gasteiger partial charge in [-0.05, 0) is 29.7 Å². The summed E-state index contributed by atoms with van der Waals surface area (Å²) in [7, 11) is 0. The van der Waals surface area contributed by atoms with Crippen molar-refractivity contribution in [2.24, 2.45) is 5.73 Å². The fourth-order valence-corrected chi connectivity index (χ4v) is 1.78. The van der Waals surface area contributed by atoms with Crippen LogP contribution in [-0.2, 0) is 6.42 Å². The second-order valence-corrected chi connectivity index (χ2v) is 3.55. The van der Waals surface area contributed by atoms with Crippen molar-refractivity contribution in [3.8, 4) is 0 Å². The lowest BCUT2D eigenvalue weighted by Crippen LogP contribution is -2.12. The predicted octanol–water partition coefficient (Wildman–Crippen LogP) is 2.89. The molecule has 1 heterocycles. The van der Waals surface area contributed by atoms with Gasteiger partial charge in [-0.25, -0.2) is 0 Å². The largest absolute Gasteiger partial charge is 0.467 e. The fraction of sp³-hybridized carbons (Fsp3) is 0.231. The average molecular weight is 201 g/mol. The quantitative estimate of drug-likeness (QED) is 0.829. The molecule has 0 spiro atoms. The number of rotatable bonds is 3. The highest BCUT2D eigenvalue weighted by molar-refractivity contribution is 5.34. The Hall–Kier alpha value is -1.54. The Morgan fingerprint density at radius 1 is 1.20 bits per heavy atom. The summed E-state index contributed by atoms with van der Waals surface area (Å²) in [5.74, 6) is 0.816. The Morgan fingerprint density at radius 2 is 2.00 bits per heavy atom. The number of nitrogens with two attached hydrogens (primary N) is 1. The molecule has 0 radical (unpaired) electrons. The third kappa shape index (κ3) is 1.95. The van der Waals surface area contributed by atoms with Gasteiger partial charge in [0.1, 0.15) is 5.76 Å². The topological polar surface area (TPSA) is 39.2 Å². The van der Waals surface area contributed by atoms with Gasteiger partial charge >= 0.3 is 0 Å². The first-order valence-electron chi connectivity index (χ1n) is 5.19. The molecule has 2 heteroatoms. The molecule has 0 saturated heterocycles. The number of benzene rings is 1. The zero-order valence-corrected chi connectivity index (χ0v) is 8.81. The van der Waals surface area contributed by atoms with E-state index >= 15 is 0 Å². The van der Waals surface area contributed by atoms with Crippen molar-refractivity contribution in [3.63, 3.8) is 0 Å². The van der Waals surface area contributed by atoms with Crippen molar-refractivity contribution < 1.29 is 4.42 Å².